The van der Waals surface area contributed by atoms with E-state index in [4.69, 9.17) is 4.74 Å². The molecule has 0 saturated carbocycles. The van der Waals surface area contributed by atoms with Gasteiger partial charge in [0, 0.05) is 31.6 Å². The van der Waals surface area contributed by atoms with Crippen molar-refractivity contribution in [1.29, 1.82) is 0 Å². The fourth-order valence-corrected chi connectivity index (χ4v) is 3.17. The van der Waals surface area contributed by atoms with Gasteiger partial charge in [0.15, 0.2) is 5.96 Å². The van der Waals surface area contributed by atoms with Crippen molar-refractivity contribution in [3.63, 3.8) is 0 Å². The molecule has 3 aromatic rings. The molecule has 0 saturated heterocycles. The average Bonchev–Trinajstić information content (AvgIpc) is 2.80. The van der Waals surface area contributed by atoms with Gasteiger partial charge in [-0.2, -0.15) is 0 Å². The van der Waals surface area contributed by atoms with Crippen LogP contribution in [0.4, 0.5) is 0 Å². The van der Waals surface area contributed by atoms with E-state index < -0.39 is 0 Å². The normalized spacial score (nSPS) is 11.3. The Morgan fingerprint density at radius 2 is 1.71 bits per heavy atom. The molecule has 0 bridgehead atoms. The molecule has 3 aromatic carbocycles. The summed E-state index contributed by atoms with van der Waals surface area (Å²) < 4.78 is 5.98. The molecule has 0 aliphatic carbocycles. The first-order valence-corrected chi connectivity index (χ1v) is 10.5. The van der Waals surface area contributed by atoms with Crippen LogP contribution in [0.25, 0.3) is 10.8 Å². The lowest BCUT2D eigenvalue weighted by Crippen LogP contribution is -2.39. The molecule has 0 aliphatic rings. The van der Waals surface area contributed by atoms with E-state index in [0.717, 1.165) is 29.2 Å². The third-order valence-corrected chi connectivity index (χ3v) is 4.77. The Kier molecular flexibility index (Phi) is 7.87. The lowest BCUT2D eigenvalue weighted by molar-refractivity contribution is 0.0827. The maximum Gasteiger partial charge on any atom is 0.253 e. The zero-order chi connectivity index (χ0) is 22.1. The predicted octanol–water partition coefficient (Wildman–Crippen LogP) is 3.68. The lowest BCUT2D eigenvalue weighted by Gasteiger charge is -2.13. The third-order valence-electron chi connectivity index (χ3n) is 4.77. The summed E-state index contributed by atoms with van der Waals surface area (Å²) in [6.45, 7) is 4.48. The van der Waals surface area contributed by atoms with Gasteiger partial charge < -0.3 is 20.3 Å². The molecule has 0 fully saturated rings. The van der Waals surface area contributed by atoms with Gasteiger partial charge in [0.05, 0.1) is 13.1 Å². The van der Waals surface area contributed by atoms with Gasteiger partial charge in [-0.05, 0) is 36.1 Å². The highest BCUT2D eigenvalue weighted by molar-refractivity contribution is 5.93. The minimum Gasteiger partial charge on any atom is -0.491 e. The number of guanidine groups is 1. The van der Waals surface area contributed by atoms with Gasteiger partial charge in [-0.25, -0.2) is 4.99 Å². The Balaban J connectivity index is 1.53. The highest BCUT2D eigenvalue weighted by atomic mass is 16.5. The van der Waals surface area contributed by atoms with Gasteiger partial charge >= 0.3 is 0 Å². The molecule has 162 valence electrons. The predicted molar refractivity (Wildman–Crippen MR) is 127 cm³/mol. The van der Waals surface area contributed by atoms with Crippen LogP contribution in [0, 0.1) is 0 Å². The Hall–Kier alpha value is -3.54. The Morgan fingerprint density at radius 3 is 2.45 bits per heavy atom. The largest absolute Gasteiger partial charge is 0.491 e. The topological polar surface area (TPSA) is 66.0 Å². The molecule has 0 aliphatic heterocycles. The number of nitrogens with zero attached hydrogens (tertiary/aromatic N) is 2. The van der Waals surface area contributed by atoms with Gasteiger partial charge in [-0.3, -0.25) is 4.79 Å². The Morgan fingerprint density at radius 1 is 0.968 bits per heavy atom. The third kappa shape index (κ3) is 6.22. The van der Waals surface area contributed by atoms with Crippen LogP contribution in [0.15, 0.2) is 71.7 Å². The molecular weight excluding hydrogens is 388 g/mol. The zero-order valence-electron chi connectivity index (χ0n) is 18.4. The lowest BCUT2D eigenvalue weighted by atomic mass is 10.1. The van der Waals surface area contributed by atoms with Gasteiger partial charge in [0.1, 0.15) is 12.4 Å². The van der Waals surface area contributed by atoms with E-state index in [1.165, 1.54) is 5.39 Å². The van der Waals surface area contributed by atoms with E-state index in [2.05, 4.69) is 33.8 Å². The van der Waals surface area contributed by atoms with E-state index >= 15 is 0 Å². The minimum absolute atomic E-state index is 0.00347. The maximum atomic E-state index is 12.0. The molecule has 0 unspecified atom stereocenters. The number of hydrogen-bond donors (Lipinski definition) is 2. The SMILES string of the molecule is CCNC(=NCc1ccc(C(=O)N(C)C)cc1)NCCOc1cccc2ccccc12. The molecule has 6 nitrogen and oxygen atoms in total. The number of ether oxygens (including phenoxy) is 1. The molecule has 0 radical (unpaired) electrons. The van der Waals surface area contributed by atoms with Gasteiger partial charge in [0.25, 0.3) is 5.91 Å². The van der Waals surface area contributed by atoms with E-state index in [1.54, 1.807) is 19.0 Å². The van der Waals surface area contributed by atoms with Gasteiger partial charge in [0.2, 0.25) is 0 Å². The average molecular weight is 419 g/mol. The number of fused-ring (bicyclic) bond motifs is 1. The first-order valence-electron chi connectivity index (χ1n) is 10.5. The van der Waals surface area contributed by atoms with Gasteiger partial charge in [-0.1, -0.05) is 48.5 Å². The van der Waals surface area contributed by atoms with Crippen LogP contribution in [-0.2, 0) is 6.54 Å². The summed E-state index contributed by atoms with van der Waals surface area (Å²) in [5, 5.41) is 8.84. The van der Waals surface area contributed by atoms with Crippen molar-refractivity contribution in [3.8, 4) is 5.75 Å². The summed E-state index contributed by atoms with van der Waals surface area (Å²) >= 11 is 0. The minimum atomic E-state index is -0.00347. The van der Waals surface area contributed by atoms with Crippen LogP contribution in [0.1, 0.15) is 22.8 Å². The van der Waals surface area contributed by atoms with Crippen LogP contribution in [0.2, 0.25) is 0 Å². The molecule has 0 heterocycles. The standard InChI is InChI=1S/C25H30N4O2/c1-4-26-25(28-18-19-12-14-21(15-13-19)24(30)29(2)3)27-16-17-31-23-11-7-9-20-8-5-6-10-22(20)23/h5-15H,4,16-18H2,1-3H3,(H2,26,27,28). The number of aliphatic imine (C=N–C) groups is 1. The van der Waals surface area contributed by atoms with Crippen molar-refractivity contribution >= 4 is 22.6 Å². The second kappa shape index (κ2) is 11.0. The summed E-state index contributed by atoms with van der Waals surface area (Å²) in [6, 6.07) is 21.8. The van der Waals surface area contributed by atoms with Crippen LogP contribution in [0.5, 0.6) is 5.75 Å². The smallest absolute Gasteiger partial charge is 0.253 e. The first-order chi connectivity index (χ1) is 15.1. The molecular formula is C25H30N4O2. The molecule has 0 aromatic heterocycles. The molecule has 0 spiro atoms. The highest BCUT2D eigenvalue weighted by Gasteiger charge is 2.07. The quantitative estimate of drug-likeness (QED) is 0.333. The zero-order valence-corrected chi connectivity index (χ0v) is 18.4. The second-order valence-corrected chi connectivity index (χ2v) is 7.34. The summed E-state index contributed by atoms with van der Waals surface area (Å²) in [7, 11) is 3.50. The molecule has 3 rings (SSSR count). The van der Waals surface area contributed by atoms with Crippen molar-refractivity contribution < 1.29 is 9.53 Å². The van der Waals surface area contributed by atoms with E-state index in [0.29, 0.717) is 25.3 Å². The van der Waals surface area contributed by atoms with Crippen molar-refractivity contribution in [2.45, 2.75) is 13.5 Å². The number of carbonyl (C=O) groups is 1. The first kappa shape index (κ1) is 22.2. The summed E-state index contributed by atoms with van der Waals surface area (Å²) in [6.07, 6.45) is 0. The van der Waals surface area contributed by atoms with E-state index in [1.807, 2.05) is 55.5 Å². The van der Waals surface area contributed by atoms with Crippen molar-refractivity contribution in [2.75, 3.05) is 33.8 Å². The second-order valence-electron chi connectivity index (χ2n) is 7.34. The van der Waals surface area contributed by atoms with E-state index in [-0.39, 0.29) is 5.91 Å². The number of rotatable bonds is 8. The fourth-order valence-electron chi connectivity index (χ4n) is 3.17. The molecule has 2 N–H and O–H groups in total. The van der Waals surface area contributed by atoms with Crippen molar-refractivity contribution in [3.05, 3.63) is 77.9 Å². The summed E-state index contributed by atoms with van der Waals surface area (Å²) in [5.74, 6) is 1.61. The molecule has 0 atom stereocenters. The highest BCUT2D eigenvalue weighted by Crippen LogP contribution is 2.24. The maximum absolute atomic E-state index is 12.0. The van der Waals surface area contributed by atoms with Crippen molar-refractivity contribution in [2.24, 2.45) is 4.99 Å². The van der Waals surface area contributed by atoms with E-state index in [9.17, 15) is 4.79 Å². The summed E-state index contributed by atoms with van der Waals surface area (Å²) in [4.78, 5) is 18.2. The molecule has 6 heteroatoms. The number of benzene rings is 3. The van der Waals surface area contributed by atoms with Crippen LogP contribution in [-0.4, -0.2) is 50.6 Å². The van der Waals surface area contributed by atoms with Crippen LogP contribution >= 0.6 is 0 Å². The monoisotopic (exact) mass is 418 g/mol. The molecule has 1 amide bonds. The van der Waals surface area contributed by atoms with Crippen molar-refractivity contribution in [1.82, 2.24) is 15.5 Å². The fraction of sp³-hybridized carbons (Fsp3) is 0.280. The number of hydrogen-bond acceptors (Lipinski definition) is 3. The summed E-state index contributed by atoms with van der Waals surface area (Å²) in [5.41, 5.74) is 1.72. The Bertz CT molecular complexity index is 1020. The number of carbonyl (C=O) groups excluding carboxylic acids is 1. The number of nitrogens with one attached hydrogen (secondary N) is 2. The van der Waals surface area contributed by atoms with Crippen LogP contribution < -0.4 is 15.4 Å². The Labute approximate surface area is 183 Å². The van der Waals surface area contributed by atoms with Crippen LogP contribution in [0.3, 0.4) is 0 Å². The van der Waals surface area contributed by atoms with Gasteiger partial charge in [-0.15, -0.1) is 0 Å². The molecule has 31 heavy (non-hydrogen) atoms. The number of amides is 1.